The number of fused-ring (bicyclic) bond motifs is 1. The monoisotopic (exact) mass is 621 g/mol. The van der Waals surface area contributed by atoms with Crippen molar-refractivity contribution in [1.29, 1.82) is 5.41 Å². The van der Waals surface area contributed by atoms with Crippen LogP contribution in [0, 0.1) is 5.41 Å². The summed E-state index contributed by atoms with van der Waals surface area (Å²) >= 11 is 2.45. The summed E-state index contributed by atoms with van der Waals surface area (Å²) < 4.78 is 6.62. The molecule has 2 N–H and O–H groups in total. The van der Waals surface area contributed by atoms with Gasteiger partial charge < -0.3 is 15.0 Å². The molecule has 0 spiro atoms. The van der Waals surface area contributed by atoms with Crippen molar-refractivity contribution in [3.8, 4) is 11.4 Å². The fraction of sp³-hybridized carbons (Fsp3) is 0.485. The Balaban J connectivity index is 0.000000261. The number of rotatable bonds is 17. The number of thiazole rings is 1. The van der Waals surface area contributed by atoms with Crippen molar-refractivity contribution in [1.82, 2.24) is 14.3 Å². The summed E-state index contributed by atoms with van der Waals surface area (Å²) in [7, 11) is 0. The highest BCUT2D eigenvalue weighted by Crippen LogP contribution is 2.24. The molecular formula is C33H47N7OS2. The molecule has 0 aliphatic rings. The second-order valence-corrected chi connectivity index (χ2v) is 12.6. The van der Waals surface area contributed by atoms with E-state index in [1.165, 1.54) is 93.4 Å². The number of aromatic nitrogens is 3. The number of anilines is 1. The Morgan fingerprint density at radius 2 is 1.37 bits per heavy atom. The summed E-state index contributed by atoms with van der Waals surface area (Å²) in [5, 5.41) is 24.1. The number of para-hydroxylation sites is 1. The van der Waals surface area contributed by atoms with Crippen LogP contribution in [0.3, 0.4) is 0 Å². The fourth-order valence-electron chi connectivity index (χ4n) is 4.89. The van der Waals surface area contributed by atoms with Gasteiger partial charge in [-0.2, -0.15) is 14.5 Å². The first kappa shape index (κ1) is 34.3. The van der Waals surface area contributed by atoms with Gasteiger partial charge in [0.25, 0.3) is 0 Å². The Morgan fingerprint density at radius 1 is 0.814 bits per heavy atom. The van der Waals surface area contributed by atoms with Gasteiger partial charge in [-0.1, -0.05) is 95.8 Å². The predicted octanol–water partition coefficient (Wildman–Crippen LogP) is 7.97. The summed E-state index contributed by atoms with van der Waals surface area (Å²) in [6.45, 7) is 15.0. The highest BCUT2D eigenvalue weighted by molar-refractivity contribution is 7.21. The lowest BCUT2D eigenvalue weighted by Gasteiger charge is -2.39. The number of hydrogen-bond donors (Lipinski definition) is 2. The van der Waals surface area contributed by atoms with Crippen molar-refractivity contribution in [3.63, 3.8) is 0 Å². The first-order valence-electron chi connectivity index (χ1n) is 15.6. The molecule has 43 heavy (non-hydrogen) atoms. The summed E-state index contributed by atoms with van der Waals surface area (Å²) in [6, 6.07) is 17.1. The van der Waals surface area contributed by atoms with Gasteiger partial charge in [0.15, 0.2) is 5.82 Å². The minimum Gasteiger partial charge on any atom is -0.857 e. The molecule has 0 amide bonds. The highest BCUT2D eigenvalue weighted by atomic mass is 32.1. The summed E-state index contributed by atoms with van der Waals surface area (Å²) in [5.41, 5.74) is 4.32. The second kappa shape index (κ2) is 18.5. The van der Waals surface area contributed by atoms with E-state index in [9.17, 15) is 5.11 Å². The van der Waals surface area contributed by atoms with Crippen LogP contribution < -0.4 is 10.5 Å². The normalized spacial score (nSPS) is 11.8. The first-order valence-corrected chi connectivity index (χ1v) is 17.2. The van der Waals surface area contributed by atoms with Gasteiger partial charge in [-0.25, -0.2) is 4.98 Å². The molecule has 8 nitrogen and oxygen atoms in total. The molecular weight excluding hydrogens is 575 g/mol. The zero-order valence-electron chi connectivity index (χ0n) is 26.1. The molecule has 2 aromatic heterocycles. The zero-order chi connectivity index (χ0) is 30.9. The van der Waals surface area contributed by atoms with Crippen molar-refractivity contribution in [2.24, 2.45) is 5.10 Å². The number of quaternary nitrogens is 1. The molecule has 10 heteroatoms. The van der Waals surface area contributed by atoms with Gasteiger partial charge in [0, 0.05) is 23.0 Å². The molecule has 0 saturated carbocycles. The van der Waals surface area contributed by atoms with E-state index in [2.05, 4.69) is 52.6 Å². The number of nitrogens with one attached hydrogen (secondary N) is 2. The van der Waals surface area contributed by atoms with Gasteiger partial charge in [0.2, 0.25) is 5.13 Å². The van der Waals surface area contributed by atoms with Crippen molar-refractivity contribution in [2.45, 2.75) is 79.1 Å². The number of benzene rings is 2. The van der Waals surface area contributed by atoms with Crippen LogP contribution in [0.4, 0.5) is 5.13 Å². The summed E-state index contributed by atoms with van der Waals surface area (Å²) in [5.74, 6) is -0.337. The molecule has 2 aromatic carbocycles. The number of hydrazone groups is 1. The summed E-state index contributed by atoms with van der Waals surface area (Å²) in [6.07, 6.45) is 11.1. The molecule has 0 saturated heterocycles. The van der Waals surface area contributed by atoms with Crippen LogP contribution in [0.25, 0.3) is 21.6 Å². The van der Waals surface area contributed by atoms with Crippen LogP contribution >= 0.6 is 22.9 Å². The van der Waals surface area contributed by atoms with Crippen LogP contribution in [-0.2, 0) is 0 Å². The Morgan fingerprint density at radius 3 is 1.91 bits per heavy atom. The molecule has 0 aliphatic heterocycles. The van der Waals surface area contributed by atoms with E-state index in [0.29, 0.717) is 16.0 Å². The molecule has 0 bridgehead atoms. The largest absolute Gasteiger partial charge is 0.857 e. The molecule has 232 valence electrons. The van der Waals surface area contributed by atoms with Crippen LogP contribution in [-0.4, -0.2) is 56.6 Å². The van der Waals surface area contributed by atoms with E-state index in [-0.39, 0.29) is 5.71 Å². The van der Waals surface area contributed by atoms with E-state index in [4.69, 9.17) is 5.41 Å². The smallest absolute Gasteiger partial charge is 0.223 e. The topological polar surface area (TPSA) is 110 Å². The van der Waals surface area contributed by atoms with Gasteiger partial charge in [-0.05, 0) is 37.8 Å². The Hall–Kier alpha value is -3.21. The van der Waals surface area contributed by atoms with Crippen molar-refractivity contribution in [3.05, 3.63) is 59.6 Å². The van der Waals surface area contributed by atoms with Crippen LogP contribution in [0.2, 0.25) is 0 Å². The SMILES string of the molecule is CCCC[N+](CCCC)(CCCC)CCCC.N=C([O-])C(=NNc1nc(-c2ccccc2)ns1)c1nc2ccccc2s1. The third-order valence-electron chi connectivity index (χ3n) is 7.38. The Bertz CT molecular complexity index is 1330. The number of unbranched alkanes of at least 4 members (excludes halogenated alkanes) is 4. The number of hydrogen-bond acceptors (Lipinski definition) is 9. The third kappa shape index (κ3) is 10.8. The average Bonchev–Trinajstić information content (AvgIpc) is 3.69. The van der Waals surface area contributed by atoms with Crippen molar-refractivity contribution in [2.75, 3.05) is 31.6 Å². The molecule has 4 rings (SSSR count). The maximum absolute atomic E-state index is 11.7. The minimum absolute atomic E-state index is 0.0531. The van der Waals surface area contributed by atoms with Crippen LogP contribution in [0.5, 0.6) is 0 Å². The van der Waals surface area contributed by atoms with E-state index in [0.717, 1.165) is 27.3 Å². The van der Waals surface area contributed by atoms with Crippen LogP contribution in [0.1, 0.15) is 84.1 Å². The first-order chi connectivity index (χ1) is 20.9. The Labute approximate surface area is 265 Å². The van der Waals surface area contributed by atoms with Gasteiger partial charge in [0.1, 0.15) is 10.7 Å². The van der Waals surface area contributed by atoms with Crippen LogP contribution in [0.15, 0.2) is 59.7 Å². The maximum Gasteiger partial charge on any atom is 0.223 e. The molecule has 4 aromatic rings. The van der Waals surface area contributed by atoms with E-state index in [1.807, 2.05) is 54.6 Å². The molecule has 0 aliphatic carbocycles. The maximum atomic E-state index is 11.7. The lowest BCUT2D eigenvalue weighted by molar-refractivity contribution is -0.929. The average molecular weight is 622 g/mol. The molecule has 0 unspecified atom stereocenters. The lowest BCUT2D eigenvalue weighted by Crippen LogP contribution is -2.50. The quantitative estimate of drug-likeness (QED) is 0.0538. The molecule has 0 fully saturated rings. The standard InChI is InChI=1S/C17H12N6OS2.C16H36N/c18-14(24)13(16-19-11-8-4-5-9-12(11)25-16)21-22-17-20-15(23-26-17)10-6-2-1-3-7-10;1-5-9-13-17(14-10-6-2,15-11-7-3)16-12-8-4/h1-9H,(H2,18,24)(H,20,22,23);5-16H2,1-4H3/q;+1/p-1. The molecule has 0 atom stereocenters. The van der Waals surface area contributed by atoms with Gasteiger partial charge >= 0.3 is 0 Å². The molecule has 2 heterocycles. The lowest BCUT2D eigenvalue weighted by atomic mass is 10.1. The van der Waals surface area contributed by atoms with Gasteiger partial charge in [-0.15, -0.1) is 11.3 Å². The number of nitrogens with zero attached hydrogens (tertiary/aromatic N) is 5. The predicted molar refractivity (Wildman–Crippen MR) is 182 cm³/mol. The fourth-order valence-corrected chi connectivity index (χ4v) is 6.38. The minimum atomic E-state index is -0.913. The van der Waals surface area contributed by atoms with E-state index in [1.54, 1.807) is 0 Å². The highest BCUT2D eigenvalue weighted by Gasteiger charge is 2.24. The summed E-state index contributed by atoms with van der Waals surface area (Å²) in [4.78, 5) is 8.72. The van der Waals surface area contributed by atoms with E-state index < -0.39 is 5.90 Å². The van der Waals surface area contributed by atoms with Gasteiger partial charge in [0.05, 0.1) is 36.4 Å². The third-order valence-corrected chi connectivity index (χ3v) is 9.04. The molecule has 0 radical (unpaired) electrons. The zero-order valence-corrected chi connectivity index (χ0v) is 27.8. The second-order valence-electron chi connectivity index (χ2n) is 10.8. The Kier molecular flexibility index (Phi) is 14.7. The van der Waals surface area contributed by atoms with Crippen molar-refractivity contribution < 1.29 is 9.59 Å². The van der Waals surface area contributed by atoms with Crippen molar-refractivity contribution >= 4 is 49.8 Å². The van der Waals surface area contributed by atoms with Gasteiger partial charge in [-0.3, -0.25) is 5.43 Å². The van der Waals surface area contributed by atoms with E-state index >= 15 is 0 Å².